The van der Waals surface area contributed by atoms with Crippen molar-refractivity contribution >= 4 is 49.5 Å². The number of hydrogen-bond acceptors (Lipinski definition) is 3. The highest BCUT2D eigenvalue weighted by molar-refractivity contribution is 9.10. The van der Waals surface area contributed by atoms with Gasteiger partial charge in [0.25, 0.3) is 0 Å². The van der Waals surface area contributed by atoms with Crippen molar-refractivity contribution in [3.05, 3.63) is 57.0 Å². The number of halogens is 2. The number of nitrogens with zero attached hydrogens (tertiary/aromatic N) is 1. The quantitative estimate of drug-likeness (QED) is 0.345. The molecule has 19 heavy (non-hydrogen) atoms. The largest absolute Gasteiger partial charge is 0.409 e. The van der Waals surface area contributed by atoms with Crippen molar-refractivity contribution in [2.75, 3.05) is 0 Å². The molecule has 2 aromatic rings. The van der Waals surface area contributed by atoms with Crippen LogP contribution in [0, 0.1) is 0 Å². The third-order valence-electron chi connectivity index (χ3n) is 2.38. The Balaban J connectivity index is 2.24. The van der Waals surface area contributed by atoms with Gasteiger partial charge in [0.2, 0.25) is 0 Å². The zero-order chi connectivity index (χ0) is 13.8. The van der Waals surface area contributed by atoms with Crippen molar-refractivity contribution in [2.24, 2.45) is 10.9 Å². The maximum absolute atomic E-state index is 8.65. The predicted octanol–water partition coefficient (Wildman–Crippen LogP) is 4.46. The highest BCUT2D eigenvalue weighted by Crippen LogP contribution is 2.34. The van der Waals surface area contributed by atoms with E-state index in [4.69, 9.17) is 10.9 Å². The highest BCUT2D eigenvalue weighted by Gasteiger charge is 2.06. The molecular formula is C13H10Br2N2OS. The Morgan fingerprint density at radius 3 is 2.37 bits per heavy atom. The van der Waals surface area contributed by atoms with E-state index in [0.717, 1.165) is 18.7 Å². The maximum atomic E-state index is 8.65. The van der Waals surface area contributed by atoms with Crippen LogP contribution < -0.4 is 5.73 Å². The first-order valence-electron chi connectivity index (χ1n) is 5.31. The molecule has 0 aliphatic rings. The molecule has 0 aliphatic carbocycles. The minimum Gasteiger partial charge on any atom is -0.409 e. The second-order valence-electron chi connectivity index (χ2n) is 3.69. The Morgan fingerprint density at radius 1 is 1.11 bits per heavy atom. The standard InChI is InChI=1S/C13H10Br2N2OS/c14-9-2-4-10(5-3-9)19-12-6-1-8(7-11(12)15)13(16)17-18/h1-7,18H,(H2,16,17). The number of nitrogens with two attached hydrogens (primary N) is 1. The smallest absolute Gasteiger partial charge is 0.170 e. The SMILES string of the molecule is N/C(=N/O)c1ccc(Sc2ccc(Br)cc2)c(Br)c1. The molecule has 0 fully saturated rings. The van der Waals surface area contributed by atoms with Gasteiger partial charge in [0, 0.05) is 24.3 Å². The van der Waals surface area contributed by atoms with Gasteiger partial charge in [-0.25, -0.2) is 0 Å². The van der Waals surface area contributed by atoms with Crippen LogP contribution in [0.4, 0.5) is 0 Å². The Hall–Kier alpha value is -0.980. The van der Waals surface area contributed by atoms with E-state index in [2.05, 4.69) is 37.0 Å². The van der Waals surface area contributed by atoms with E-state index in [-0.39, 0.29) is 5.84 Å². The lowest BCUT2D eigenvalue weighted by Gasteiger charge is -2.06. The molecule has 0 bridgehead atoms. The minimum absolute atomic E-state index is 0.0980. The van der Waals surface area contributed by atoms with Gasteiger partial charge in [0.05, 0.1) is 0 Å². The van der Waals surface area contributed by atoms with Gasteiger partial charge in [0.15, 0.2) is 5.84 Å². The summed E-state index contributed by atoms with van der Waals surface area (Å²) in [6.07, 6.45) is 0. The molecule has 98 valence electrons. The Bertz CT molecular complexity index is 615. The fourth-order valence-corrected chi connectivity index (χ4v) is 3.13. The van der Waals surface area contributed by atoms with Crippen LogP contribution in [0.5, 0.6) is 0 Å². The van der Waals surface area contributed by atoms with E-state index in [1.807, 2.05) is 42.5 Å². The van der Waals surface area contributed by atoms with Crippen molar-refractivity contribution in [1.82, 2.24) is 0 Å². The van der Waals surface area contributed by atoms with Crippen LogP contribution >= 0.6 is 43.6 Å². The van der Waals surface area contributed by atoms with Crippen LogP contribution in [-0.2, 0) is 0 Å². The second kappa shape index (κ2) is 6.45. The highest BCUT2D eigenvalue weighted by atomic mass is 79.9. The number of amidine groups is 1. The molecule has 0 aliphatic heterocycles. The van der Waals surface area contributed by atoms with E-state index >= 15 is 0 Å². The molecule has 0 spiro atoms. The minimum atomic E-state index is 0.0980. The first-order chi connectivity index (χ1) is 9.10. The third-order valence-corrected chi connectivity index (χ3v) is 4.91. The molecule has 0 saturated heterocycles. The first-order valence-corrected chi connectivity index (χ1v) is 7.71. The van der Waals surface area contributed by atoms with Crippen molar-refractivity contribution in [3.63, 3.8) is 0 Å². The van der Waals surface area contributed by atoms with Gasteiger partial charge in [-0.1, -0.05) is 32.8 Å². The van der Waals surface area contributed by atoms with Gasteiger partial charge < -0.3 is 10.9 Å². The van der Waals surface area contributed by atoms with E-state index in [1.165, 1.54) is 0 Å². The molecule has 0 heterocycles. The monoisotopic (exact) mass is 400 g/mol. The fourth-order valence-electron chi connectivity index (χ4n) is 1.43. The summed E-state index contributed by atoms with van der Waals surface area (Å²) in [6.45, 7) is 0. The van der Waals surface area contributed by atoms with Crippen LogP contribution in [0.1, 0.15) is 5.56 Å². The summed E-state index contributed by atoms with van der Waals surface area (Å²) < 4.78 is 1.96. The van der Waals surface area contributed by atoms with E-state index in [9.17, 15) is 0 Å². The molecule has 3 nitrogen and oxygen atoms in total. The van der Waals surface area contributed by atoms with Crippen molar-refractivity contribution in [2.45, 2.75) is 9.79 Å². The Kier molecular flexibility index (Phi) is 4.90. The molecule has 3 N–H and O–H groups in total. The summed E-state index contributed by atoms with van der Waals surface area (Å²) in [5.41, 5.74) is 6.23. The summed E-state index contributed by atoms with van der Waals surface area (Å²) in [5, 5.41) is 11.6. The predicted molar refractivity (Wildman–Crippen MR) is 84.9 cm³/mol. The molecule has 0 unspecified atom stereocenters. The summed E-state index contributed by atoms with van der Waals surface area (Å²) in [5.74, 6) is 0.0980. The third kappa shape index (κ3) is 3.75. The summed E-state index contributed by atoms with van der Waals surface area (Å²) in [4.78, 5) is 2.21. The molecular weight excluding hydrogens is 392 g/mol. The molecule has 0 saturated carbocycles. The van der Waals surface area contributed by atoms with Gasteiger partial charge in [-0.2, -0.15) is 0 Å². The number of oxime groups is 1. The Labute approximate surface area is 132 Å². The Morgan fingerprint density at radius 2 is 1.79 bits per heavy atom. The van der Waals surface area contributed by atoms with Crippen molar-refractivity contribution in [3.8, 4) is 0 Å². The zero-order valence-corrected chi connectivity index (χ0v) is 13.7. The fraction of sp³-hybridized carbons (Fsp3) is 0. The number of hydrogen-bond donors (Lipinski definition) is 2. The molecule has 0 amide bonds. The average Bonchev–Trinajstić information content (AvgIpc) is 2.42. The summed E-state index contributed by atoms with van der Waals surface area (Å²) in [7, 11) is 0. The van der Waals surface area contributed by atoms with Crippen LogP contribution in [0.25, 0.3) is 0 Å². The van der Waals surface area contributed by atoms with Gasteiger partial charge >= 0.3 is 0 Å². The van der Waals surface area contributed by atoms with Crippen molar-refractivity contribution in [1.29, 1.82) is 0 Å². The van der Waals surface area contributed by atoms with Gasteiger partial charge in [0.1, 0.15) is 0 Å². The molecule has 0 atom stereocenters. The average molecular weight is 402 g/mol. The second-order valence-corrected chi connectivity index (χ2v) is 6.57. The van der Waals surface area contributed by atoms with Crippen molar-refractivity contribution < 1.29 is 5.21 Å². The van der Waals surface area contributed by atoms with Gasteiger partial charge in [-0.05, 0) is 58.4 Å². The first kappa shape index (κ1) is 14.4. The van der Waals surface area contributed by atoms with Gasteiger partial charge in [-0.15, -0.1) is 0 Å². The van der Waals surface area contributed by atoms with E-state index in [1.54, 1.807) is 11.8 Å². The summed E-state index contributed by atoms with van der Waals surface area (Å²) in [6, 6.07) is 13.7. The molecule has 2 aromatic carbocycles. The lowest BCUT2D eigenvalue weighted by atomic mass is 10.2. The lowest BCUT2D eigenvalue weighted by Crippen LogP contribution is -2.12. The summed E-state index contributed by atoms with van der Waals surface area (Å²) >= 11 is 8.54. The zero-order valence-electron chi connectivity index (χ0n) is 9.68. The number of rotatable bonds is 3. The van der Waals surface area contributed by atoms with Gasteiger partial charge in [-0.3, -0.25) is 0 Å². The normalized spacial score (nSPS) is 11.6. The number of benzene rings is 2. The van der Waals surface area contributed by atoms with E-state index < -0.39 is 0 Å². The molecule has 0 radical (unpaired) electrons. The van der Waals surface area contributed by atoms with Crippen LogP contribution in [-0.4, -0.2) is 11.0 Å². The lowest BCUT2D eigenvalue weighted by molar-refractivity contribution is 0.318. The van der Waals surface area contributed by atoms with Crippen LogP contribution in [0.3, 0.4) is 0 Å². The maximum Gasteiger partial charge on any atom is 0.170 e. The van der Waals surface area contributed by atoms with Crippen LogP contribution in [0.15, 0.2) is 66.4 Å². The molecule has 0 aromatic heterocycles. The van der Waals surface area contributed by atoms with E-state index in [0.29, 0.717) is 5.56 Å². The van der Waals surface area contributed by atoms with Crippen LogP contribution in [0.2, 0.25) is 0 Å². The molecule has 6 heteroatoms. The topological polar surface area (TPSA) is 58.6 Å². The molecule has 2 rings (SSSR count).